The smallest absolute Gasteiger partial charge is 0.246 e. The number of carbonyl (C=O) groups excluding carboxylic acids is 1. The van der Waals surface area contributed by atoms with E-state index in [2.05, 4.69) is 11.4 Å². The maximum absolute atomic E-state index is 12.5. The van der Waals surface area contributed by atoms with Gasteiger partial charge in [-0.2, -0.15) is 0 Å². The molecular weight excluding hydrogens is 296 g/mol. The molecule has 0 unspecified atom stereocenters. The third-order valence-corrected chi connectivity index (χ3v) is 4.63. The summed E-state index contributed by atoms with van der Waals surface area (Å²) in [6, 6.07) is 15.5. The van der Waals surface area contributed by atoms with Crippen molar-refractivity contribution in [3.8, 4) is 0 Å². The summed E-state index contributed by atoms with van der Waals surface area (Å²) in [5.74, 6) is 0.977. The molecule has 0 atom stereocenters. The highest BCUT2D eigenvalue weighted by Gasteiger charge is 2.22. The lowest BCUT2D eigenvalue weighted by Gasteiger charge is -2.29. The number of aliphatic hydroxyl groups excluding tert-OH is 1. The van der Waals surface area contributed by atoms with Crippen molar-refractivity contribution in [3.63, 3.8) is 0 Å². The molecule has 2 N–H and O–H groups in total. The van der Waals surface area contributed by atoms with E-state index in [0.29, 0.717) is 0 Å². The van der Waals surface area contributed by atoms with E-state index in [4.69, 9.17) is 5.11 Å². The molecule has 0 radical (unpaired) electrons. The Hall–Kier alpha value is -1.98. The Kier molecular flexibility index (Phi) is 4.65. The first kappa shape index (κ1) is 14.9. The molecule has 1 amide bonds. The number of thioether (sulfide) groups is 1. The lowest BCUT2D eigenvalue weighted by molar-refractivity contribution is -0.117. The van der Waals surface area contributed by atoms with Crippen LogP contribution in [0.1, 0.15) is 5.56 Å². The zero-order valence-corrected chi connectivity index (χ0v) is 13.0. The molecule has 5 heteroatoms. The summed E-state index contributed by atoms with van der Waals surface area (Å²) in [6.45, 7) is 0.979. The van der Waals surface area contributed by atoms with Crippen LogP contribution in [0.5, 0.6) is 0 Å². The van der Waals surface area contributed by atoms with Crippen molar-refractivity contribution in [3.05, 3.63) is 54.1 Å². The van der Waals surface area contributed by atoms with Gasteiger partial charge in [0, 0.05) is 22.9 Å². The molecule has 2 aromatic carbocycles. The first-order valence-electron chi connectivity index (χ1n) is 7.24. The number of amides is 1. The van der Waals surface area contributed by atoms with E-state index in [0.717, 1.165) is 34.1 Å². The predicted octanol–water partition coefficient (Wildman–Crippen LogP) is 2.73. The summed E-state index contributed by atoms with van der Waals surface area (Å²) < 4.78 is 0. The highest BCUT2D eigenvalue weighted by Crippen LogP contribution is 2.34. The average molecular weight is 314 g/mol. The second-order valence-electron chi connectivity index (χ2n) is 5.07. The van der Waals surface area contributed by atoms with Crippen LogP contribution in [0.2, 0.25) is 0 Å². The molecule has 0 bridgehead atoms. The highest BCUT2D eigenvalue weighted by molar-refractivity contribution is 7.99. The molecule has 0 aromatic heterocycles. The Morgan fingerprint density at radius 2 is 2.09 bits per heavy atom. The number of aliphatic hydroxyl groups is 1. The lowest BCUT2D eigenvalue weighted by atomic mass is 10.2. The molecule has 22 heavy (non-hydrogen) atoms. The van der Waals surface area contributed by atoms with Crippen LogP contribution < -0.4 is 10.2 Å². The van der Waals surface area contributed by atoms with Crippen molar-refractivity contribution in [2.24, 2.45) is 0 Å². The standard InChI is InChI=1S/C17H18N2O2S/c20-12-13-4-3-5-14(10-13)18-11-17(21)19-8-9-22-16-7-2-1-6-15(16)19/h1-7,10,18,20H,8-9,11-12H2. The van der Waals surface area contributed by atoms with Gasteiger partial charge in [0.05, 0.1) is 18.8 Å². The summed E-state index contributed by atoms with van der Waals surface area (Å²) >= 11 is 1.79. The van der Waals surface area contributed by atoms with Gasteiger partial charge < -0.3 is 15.3 Å². The molecule has 1 heterocycles. The highest BCUT2D eigenvalue weighted by atomic mass is 32.2. The Morgan fingerprint density at radius 3 is 2.95 bits per heavy atom. The molecule has 0 saturated heterocycles. The lowest BCUT2D eigenvalue weighted by Crippen LogP contribution is -2.39. The van der Waals surface area contributed by atoms with Crippen molar-refractivity contribution in [1.82, 2.24) is 0 Å². The summed E-state index contributed by atoms with van der Waals surface area (Å²) in [5.41, 5.74) is 2.67. The van der Waals surface area contributed by atoms with Crippen molar-refractivity contribution in [1.29, 1.82) is 0 Å². The fourth-order valence-electron chi connectivity index (χ4n) is 2.48. The minimum Gasteiger partial charge on any atom is -0.392 e. The Morgan fingerprint density at radius 1 is 1.23 bits per heavy atom. The molecule has 3 rings (SSSR count). The quantitative estimate of drug-likeness (QED) is 0.911. The number of hydrogen-bond donors (Lipinski definition) is 2. The van der Waals surface area contributed by atoms with Gasteiger partial charge in [-0.3, -0.25) is 4.79 Å². The monoisotopic (exact) mass is 314 g/mol. The predicted molar refractivity (Wildman–Crippen MR) is 90.4 cm³/mol. The van der Waals surface area contributed by atoms with E-state index in [-0.39, 0.29) is 19.1 Å². The number of para-hydroxylation sites is 1. The van der Waals surface area contributed by atoms with Crippen molar-refractivity contribution in [2.45, 2.75) is 11.5 Å². The fraction of sp³-hybridized carbons (Fsp3) is 0.235. The zero-order valence-electron chi connectivity index (χ0n) is 12.2. The van der Waals surface area contributed by atoms with Gasteiger partial charge >= 0.3 is 0 Å². The molecule has 0 aliphatic carbocycles. The van der Waals surface area contributed by atoms with Crippen LogP contribution in [-0.2, 0) is 11.4 Å². The van der Waals surface area contributed by atoms with Gasteiger partial charge in [-0.05, 0) is 29.8 Å². The average Bonchev–Trinajstić information content (AvgIpc) is 2.59. The number of benzene rings is 2. The van der Waals surface area contributed by atoms with Gasteiger partial charge in [0.15, 0.2) is 0 Å². The number of hydrogen-bond acceptors (Lipinski definition) is 4. The van der Waals surface area contributed by atoms with Crippen LogP contribution in [0.4, 0.5) is 11.4 Å². The third kappa shape index (κ3) is 3.26. The van der Waals surface area contributed by atoms with Crippen LogP contribution >= 0.6 is 11.8 Å². The molecule has 1 aliphatic rings. The van der Waals surface area contributed by atoms with Gasteiger partial charge in [0.25, 0.3) is 0 Å². The Labute approximate surface area is 134 Å². The van der Waals surface area contributed by atoms with Crippen molar-refractivity contribution >= 4 is 29.0 Å². The number of carbonyl (C=O) groups is 1. The molecule has 0 saturated carbocycles. The van der Waals surface area contributed by atoms with E-state index in [1.54, 1.807) is 11.8 Å². The summed E-state index contributed by atoms with van der Waals surface area (Å²) in [4.78, 5) is 15.5. The maximum atomic E-state index is 12.5. The molecule has 1 aliphatic heterocycles. The Bertz CT molecular complexity index is 675. The number of rotatable bonds is 4. The minimum atomic E-state index is 0.000188. The summed E-state index contributed by atoms with van der Waals surface area (Å²) in [7, 11) is 0. The first-order valence-corrected chi connectivity index (χ1v) is 8.22. The number of fused-ring (bicyclic) bond motifs is 1. The van der Waals surface area contributed by atoms with E-state index >= 15 is 0 Å². The minimum absolute atomic E-state index is 0.000188. The fourth-order valence-corrected chi connectivity index (χ4v) is 3.48. The molecule has 2 aromatic rings. The SMILES string of the molecule is O=C(CNc1cccc(CO)c1)N1CCSc2ccccc21. The van der Waals surface area contributed by atoms with E-state index in [1.165, 1.54) is 0 Å². The second-order valence-corrected chi connectivity index (χ2v) is 6.21. The molecule has 114 valence electrons. The molecular formula is C17H18N2O2S. The Balaban J connectivity index is 1.68. The van der Waals surface area contributed by atoms with Crippen molar-refractivity contribution in [2.75, 3.05) is 29.1 Å². The number of anilines is 2. The first-order chi connectivity index (χ1) is 10.8. The van der Waals surface area contributed by atoms with Crippen molar-refractivity contribution < 1.29 is 9.90 Å². The maximum Gasteiger partial charge on any atom is 0.246 e. The van der Waals surface area contributed by atoms with Gasteiger partial charge in [-0.1, -0.05) is 24.3 Å². The zero-order chi connectivity index (χ0) is 15.4. The largest absolute Gasteiger partial charge is 0.392 e. The van der Waals surface area contributed by atoms with Gasteiger partial charge in [-0.25, -0.2) is 0 Å². The third-order valence-electron chi connectivity index (χ3n) is 3.58. The number of nitrogens with one attached hydrogen (secondary N) is 1. The van der Waals surface area contributed by atoms with Crippen LogP contribution in [0.15, 0.2) is 53.4 Å². The van der Waals surface area contributed by atoms with Gasteiger partial charge in [0.1, 0.15) is 0 Å². The molecule has 0 fully saturated rings. The normalized spacial score (nSPS) is 13.6. The van der Waals surface area contributed by atoms with E-state index < -0.39 is 0 Å². The summed E-state index contributed by atoms with van der Waals surface area (Å²) in [5, 5.41) is 12.3. The summed E-state index contributed by atoms with van der Waals surface area (Å²) in [6.07, 6.45) is 0. The van der Waals surface area contributed by atoms with Crippen LogP contribution in [0, 0.1) is 0 Å². The van der Waals surface area contributed by atoms with E-state index in [1.807, 2.05) is 47.4 Å². The second kappa shape index (κ2) is 6.85. The van der Waals surface area contributed by atoms with Crippen LogP contribution in [-0.4, -0.2) is 29.9 Å². The molecule has 4 nitrogen and oxygen atoms in total. The van der Waals surface area contributed by atoms with Crippen LogP contribution in [0.3, 0.4) is 0 Å². The van der Waals surface area contributed by atoms with Gasteiger partial charge in [-0.15, -0.1) is 11.8 Å². The molecule has 0 spiro atoms. The van der Waals surface area contributed by atoms with E-state index in [9.17, 15) is 4.79 Å². The van der Waals surface area contributed by atoms with Crippen LogP contribution in [0.25, 0.3) is 0 Å². The van der Waals surface area contributed by atoms with Gasteiger partial charge in [0.2, 0.25) is 5.91 Å². The topological polar surface area (TPSA) is 52.6 Å². The number of nitrogens with zero attached hydrogens (tertiary/aromatic N) is 1.